The van der Waals surface area contributed by atoms with E-state index in [-0.39, 0.29) is 5.78 Å². The lowest BCUT2D eigenvalue weighted by molar-refractivity contribution is -0.0429. The third kappa shape index (κ3) is 3.64. The summed E-state index contributed by atoms with van der Waals surface area (Å²) < 4.78 is 6.19. The third-order valence-corrected chi connectivity index (χ3v) is 5.73. The number of hydrogen-bond acceptors (Lipinski definition) is 4. The highest BCUT2D eigenvalue weighted by Crippen LogP contribution is 2.41. The van der Waals surface area contributed by atoms with Gasteiger partial charge in [0.25, 0.3) is 0 Å². The van der Waals surface area contributed by atoms with Gasteiger partial charge in [-0.2, -0.15) is 0 Å². The van der Waals surface area contributed by atoms with Crippen molar-refractivity contribution >= 4 is 11.6 Å². The lowest BCUT2D eigenvalue weighted by Gasteiger charge is -2.40. The van der Waals surface area contributed by atoms with Crippen LogP contribution in [0.15, 0.2) is 6.07 Å². The van der Waals surface area contributed by atoms with E-state index in [2.05, 4.69) is 11.8 Å². The molecule has 0 unspecified atom stereocenters. The average Bonchev–Trinajstić information content (AvgIpc) is 2.53. The second kappa shape index (κ2) is 6.83. The summed E-state index contributed by atoms with van der Waals surface area (Å²) in [6.07, 6.45) is 6.50. The minimum absolute atomic E-state index is 0.0891. The Labute approximate surface area is 145 Å². The van der Waals surface area contributed by atoms with Gasteiger partial charge in [-0.05, 0) is 63.5 Å². The van der Waals surface area contributed by atoms with Gasteiger partial charge in [-0.1, -0.05) is 13.3 Å². The SMILES string of the molecule is CC(=O)c1cc(C)c(N2CCC(OCC3(C)CCC3)CC2)nc1C. The van der Waals surface area contributed by atoms with Crippen LogP contribution in [0, 0.1) is 19.3 Å². The second-order valence-corrected chi connectivity index (χ2v) is 7.98. The van der Waals surface area contributed by atoms with E-state index in [1.165, 1.54) is 19.3 Å². The molecule has 0 amide bonds. The number of pyridine rings is 1. The van der Waals surface area contributed by atoms with E-state index >= 15 is 0 Å². The summed E-state index contributed by atoms with van der Waals surface area (Å²) in [6.45, 7) is 10.8. The maximum absolute atomic E-state index is 11.7. The number of Topliss-reactive ketones (excluding diaryl/α,β-unsaturated/α-hetero) is 1. The fourth-order valence-electron chi connectivity index (χ4n) is 3.85. The van der Waals surface area contributed by atoms with Crippen molar-refractivity contribution in [2.24, 2.45) is 5.41 Å². The molecule has 2 heterocycles. The van der Waals surface area contributed by atoms with Crippen molar-refractivity contribution in [2.45, 2.75) is 65.9 Å². The van der Waals surface area contributed by atoms with Crippen LogP contribution in [0.2, 0.25) is 0 Å². The minimum Gasteiger partial charge on any atom is -0.378 e. The van der Waals surface area contributed by atoms with Gasteiger partial charge in [-0.15, -0.1) is 0 Å². The molecule has 0 radical (unpaired) electrons. The van der Waals surface area contributed by atoms with Crippen molar-refractivity contribution in [3.05, 3.63) is 22.9 Å². The predicted octanol–water partition coefficient (Wildman–Crippen LogP) is 4.08. The highest BCUT2D eigenvalue weighted by Gasteiger charge is 2.33. The molecule has 0 aromatic carbocycles. The minimum atomic E-state index is 0.0891. The molecule has 4 heteroatoms. The molecule has 1 saturated heterocycles. The van der Waals surface area contributed by atoms with Crippen molar-refractivity contribution < 1.29 is 9.53 Å². The maximum atomic E-state index is 11.7. The van der Waals surface area contributed by atoms with Gasteiger partial charge in [0.15, 0.2) is 5.78 Å². The molecule has 4 nitrogen and oxygen atoms in total. The first kappa shape index (κ1) is 17.4. The van der Waals surface area contributed by atoms with Gasteiger partial charge in [0.1, 0.15) is 5.82 Å². The van der Waals surface area contributed by atoms with E-state index in [9.17, 15) is 4.79 Å². The number of ether oxygens (including phenoxy) is 1. The average molecular weight is 330 g/mol. The molecule has 1 aromatic heterocycles. The Morgan fingerprint density at radius 1 is 1.33 bits per heavy atom. The molecule has 132 valence electrons. The van der Waals surface area contributed by atoms with Gasteiger partial charge in [-0.3, -0.25) is 4.79 Å². The van der Waals surface area contributed by atoms with Gasteiger partial charge in [0.05, 0.1) is 18.4 Å². The molecule has 24 heavy (non-hydrogen) atoms. The molecule has 0 atom stereocenters. The van der Waals surface area contributed by atoms with E-state index in [1.54, 1.807) is 6.92 Å². The Balaban J connectivity index is 1.58. The maximum Gasteiger partial charge on any atom is 0.161 e. The third-order valence-electron chi connectivity index (χ3n) is 5.73. The summed E-state index contributed by atoms with van der Waals surface area (Å²) in [5.74, 6) is 1.12. The molecule has 2 fully saturated rings. The van der Waals surface area contributed by atoms with E-state index in [0.29, 0.717) is 11.5 Å². The van der Waals surface area contributed by atoms with Crippen LogP contribution in [-0.4, -0.2) is 36.6 Å². The van der Waals surface area contributed by atoms with Crippen LogP contribution in [0.1, 0.15) is 67.6 Å². The van der Waals surface area contributed by atoms with Crippen molar-refractivity contribution in [2.75, 3.05) is 24.6 Å². The second-order valence-electron chi connectivity index (χ2n) is 7.98. The van der Waals surface area contributed by atoms with E-state index in [1.807, 2.05) is 19.9 Å². The molecule has 3 rings (SSSR count). The fourth-order valence-corrected chi connectivity index (χ4v) is 3.85. The monoisotopic (exact) mass is 330 g/mol. The Hall–Kier alpha value is -1.42. The first-order valence-electron chi connectivity index (χ1n) is 9.24. The largest absolute Gasteiger partial charge is 0.378 e. The zero-order valence-corrected chi connectivity index (χ0v) is 15.5. The Morgan fingerprint density at radius 3 is 2.54 bits per heavy atom. The molecule has 0 bridgehead atoms. The molecule has 1 aromatic rings. The van der Waals surface area contributed by atoms with Crippen LogP contribution in [-0.2, 0) is 4.74 Å². The molecule has 2 aliphatic rings. The summed E-state index contributed by atoms with van der Waals surface area (Å²) in [4.78, 5) is 18.7. The molecule has 1 saturated carbocycles. The van der Waals surface area contributed by atoms with Crippen LogP contribution in [0.3, 0.4) is 0 Å². The van der Waals surface area contributed by atoms with Crippen LogP contribution >= 0.6 is 0 Å². The molecule has 1 aliphatic heterocycles. The van der Waals surface area contributed by atoms with Crippen molar-refractivity contribution in [1.29, 1.82) is 0 Å². The van der Waals surface area contributed by atoms with Gasteiger partial charge in [0, 0.05) is 18.7 Å². The zero-order chi connectivity index (χ0) is 17.3. The van der Waals surface area contributed by atoms with Crippen molar-refractivity contribution in [3.63, 3.8) is 0 Å². The number of carbonyl (C=O) groups is 1. The van der Waals surface area contributed by atoms with Crippen molar-refractivity contribution in [3.8, 4) is 0 Å². The lowest BCUT2D eigenvalue weighted by atomic mass is 9.71. The van der Waals surface area contributed by atoms with Crippen LogP contribution in [0.25, 0.3) is 0 Å². The summed E-state index contributed by atoms with van der Waals surface area (Å²) in [5, 5.41) is 0. The lowest BCUT2D eigenvalue weighted by Crippen LogP contribution is -2.40. The Morgan fingerprint density at radius 2 is 2.00 bits per heavy atom. The normalized spacial score (nSPS) is 20.8. The molecular formula is C20H30N2O2. The smallest absolute Gasteiger partial charge is 0.161 e. The summed E-state index contributed by atoms with van der Waals surface area (Å²) in [6, 6.07) is 1.99. The topological polar surface area (TPSA) is 42.4 Å². The van der Waals surface area contributed by atoms with Crippen LogP contribution in [0.5, 0.6) is 0 Å². The number of anilines is 1. The summed E-state index contributed by atoms with van der Waals surface area (Å²) in [7, 11) is 0. The van der Waals surface area contributed by atoms with Gasteiger partial charge < -0.3 is 9.64 Å². The van der Waals surface area contributed by atoms with Crippen LogP contribution < -0.4 is 4.90 Å². The Kier molecular flexibility index (Phi) is 4.95. The number of aromatic nitrogens is 1. The number of nitrogens with zero attached hydrogens (tertiary/aromatic N) is 2. The molecule has 1 aliphatic carbocycles. The van der Waals surface area contributed by atoms with Crippen molar-refractivity contribution in [1.82, 2.24) is 4.98 Å². The number of aryl methyl sites for hydroxylation is 2. The molecular weight excluding hydrogens is 300 g/mol. The standard InChI is InChI=1S/C20H30N2O2/c1-14-12-18(16(3)23)15(2)21-19(14)22-10-6-17(7-11-22)24-13-20(4)8-5-9-20/h12,17H,5-11,13H2,1-4H3. The van der Waals surface area contributed by atoms with E-state index in [4.69, 9.17) is 9.72 Å². The van der Waals surface area contributed by atoms with E-state index < -0.39 is 0 Å². The first-order valence-corrected chi connectivity index (χ1v) is 9.24. The predicted molar refractivity (Wildman–Crippen MR) is 96.9 cm³/mol. The first-order chi connectivity index (χ1) is 11.4. The summed E-state index contributed by atoms with van der Waals surface area (Å²) in [5.41, 5.74) is 3.10. The number of carbonyl (C=O) groups excluding carboxylic acids is 1. The van der Waals surface area contributed by atoms with Gasteiger partial charge in [0.2, 0.25) is 0 Å². The number of piperidine rings is 1. The fraction of sp³-hybridized carbons (Fsp3) is 0.700. The number of rotatable bonds is 5. The van der Waals surface area contributed by atoms with Gasteiger partial charge >= 0.3 is 0 Å². The van der Waals surface area contributed by atoms with Crippen LogP contribution in [0.4, 0.5) is 5.82 Å². The Bertz CT molecular complexity index is 614. The quantitative estimate of drug-likeness (QED) is 0.763. The highest BCUT2D eigenvalue weighted by molar-refractivity contribution is 5.95. The van der Waals surface area contributed by atoms with Gasteiger partial charge in [-0.25, -0.2) is 4.98 Å². The molecule has 0 spiro atoms. The number of ketones is 1. The zero-order valence-electron chi connectivity index (χ0n) is 15.5. The highest BCUT2D eigenvalue weighted by atomic mass is 16.5. The van der Waals surface area contributed by atoms with E-state index in [0.717, 1.165) is 55.2 Å². The number of hydrogen-bond donors (Lipinski definition) is 0. The molecule has 0 N–H and O–H groups in total. The summed E-state index contributed by atoms with van der Waals surface area (Å²) >= 11 is 0.